The van der Waals surface area contributed by atoms with Gasteiger partial charge in [-0.05, 0) is 24.6 Å². The zero-order valence-corrected chi connectivity index (χ0v) is 10.6. The van der Waals surface area contributed by atoms with Crippen molar-refractivity contribution in [2.45, 2.75) is 20.0 Å². The van der Waals surface area contributed by atoms with E-state index in [0.717, 1.165) is 5.56 Å². The van der Waals surface area contributed by atoms with Gasteiger partial charge in [0.25, 0.3) is 0 Å². The van der Waals surface area contributed by atoms with Crippen LogP contribution in [0.15, 0.2) is 18.2 Å². The third kappa shape index (κ3) is 2.97. The molecule has 0 saturated carbocycles. The third-order valence-electron chi connectivity index (χ3n) is 2.88. The SMILES string of the molecule is COc1cc([C@H](OC)[C@H](C)C(C)=O)ccc1O. The third-order valence-corrected chi connectivity index (χ3v) is 2.88. The van der Waals surface area contributed by atoms with E-state index in [0.29, 0.717) is 5.75 Å². The fraction of sp³-hybridized carbons (Fsp3) is 0.462. The summed E-state index contributed by atoms with van der Waals surface area (Å²) in [5.74, 6) is 0.264. The Labute approximate surface area is 101 Å². The predicted molar refractivity (Wildman–Crippen MR) is 64.3 cm³/mol. The van der Waals surface area contributed by atoms with Crippen molar-refractivity contribution in [3.05, 3.63) is 23.8 Å². The molecule has 1 rings (SSSR count). The Hall–Kier alpha value is -1.55. The summed E-state index contributed by atoms with van der Waals surface area (Å²) in [6, 6.07) is 4.95. The monoisotopic (exact) mass is 238 g/mol. The number of rotatable bonds is 5. The lowest BCUT2D eigenvalue weighted by atomic mass is 9.94. The molecule has 0 aliphatic carbocycles. The number of phenolic OH excluding ortho intramolecular Hbond substituents is 1. The summed E-state index contributed by atoms with van der Waals surface area (Å²) in [7, 11) is 3.04. The van der Waals surface area contributed by atoms with Crippen molar-refractivity contribution < 1.29 is 19.4 Å². The van der Waals surface area contributed by atoms with Gasteiger partial charge in [-0.1, -0.05) is 13.0 Å². The summed E-state index contributed by atoms with van der Waals surface area (Å²) in [5.41, 5.74) is 0.810. The molecule has 0 unspecified atom stereocenters. The number of ketones is 1. The Morgan fingerprint density at radius 2 is 2.00 bits per heavy atom. The van der Waals surface area contributed by atoms with E-state index in [2.05, 4.69) is 0 Å². The van der Waals surface area contributed by atoms with E-state index in [1.54, 1.807) is 19.2 Å². The lowest BCUT2D eigenvalue weighted by Gasteiger charge is -2.21. The predicted octanol–water partition coefficient (Wildman–Crippen LogP) is 2.31. The lowest BCUT2D eigenvalue weighted by molar-refractivity contribution is -0.124. The maximum Gasteiger partial charge on any atom is 0.160 e. The number of ether oxygens (including phenoxy) is 2. The van der Waals surface area contributed by atoms with Gasteiger partial charge in [0.1, 0.15) is 5.78 Å². The minimum absolute atomic E-state index is 0.0592. The van der Waals surface area contributed by atoms with Gasteiger partial charge in [-0.2, -0.15) is 0 Å². The molecular weight excluding hydrogens is 220 g/mol. The molecule has 0 radical (unpaired) electrons. The molecule has 0 aliphatic heterocycles. The standard InChI is InChI=1S/C13H18O4/c1-8(9(2)14)13(17-4)10-5-6-11(15)12(7-10)16-3/h5-8,13,15H,1-4H3/t8-,13-/m1/s1. The summed E-state index contributed by atoms with van der Waals surface area (Å²) in [4.78, 5) is 11.4. The van der Waals surface area contributed by atoms with Crippen LogP contribution in [0.3, 0.4) is 0 Å². The number of methoxy groups -OCH3 is 2. The van der Waals surface area contributed by atoms with Gasteiger partial charge in [0.2, 0.25) is 0 Å². The van der Waals surface area contributed by atoms with Crippen molar-refractivity contribution in [3.63, 3.8) is 0 Å². The van der Waals surface area contributed by atoms with Crippen LogP contribution in [-0.4, -0.2) is 25.1 Å². The summed E-state index contributed by atoms with van der Waals surface area (Å²) < 4.78 is 10.4. The first kappa shape index (κ1) is 13.5. The van der Waals surface area contributed by atoms with Crippen LogP contribution in [0, 0.1) is 5.92 Å². The molecule has 0 spiro atoms. The number of carbonyl (C=O) groups excluding carboxylic acids is 1. The quantitative estimate of drug-likeness (QED) is 0.855. The first-order valence-corrected chi connectivity index (χ1v) is 5.41. The highest BCUT2D eigenvalue weighted by Gasteiger charge is 2.23. The zero-order chi connectivity index (χ0) is 13.0. The Bertz CT molecular complexity index is 400. The van der Waals surface area contributed by atoms with Crippen LogP contribution < -0.4 is 4.74 Å². The smallest absolute Gasteiger partial charge is 0.160 e. The molecule has 0 saturated heterocycles. The minimum atomic E-state index is -0.331. The summed E-state index contributed by atoms with van der Waals surface area (Å²) in [6.45, 7) is 3.35. The second kappa shape index (κ2) is 5.68. The molecule has 0 amide bonds. The fourth-order valence-corrected chi connectivity index (χ4v) is 1.71. The van der Waals surface area contributed by atoms with E-state index in [-0.39, 0.29) is 23.6 Å². The fourth-order valence-electron chi connectivity index (χ4n) is 1.71. The van der Waals surface area contributed by atoms with Crippen LogP contribution >= 0.6 is 0 Å². The molecule has 4 nitrogen and oxygen atoms in total. The van der Waals surface area contributed by atoms with Crippen molar-refractivity contribution in [1.82, 2.24) is 0 Å². The van der Waals surface area contributed by atoms with Crippen LogP contribution in [-0.2, 0) is 9.53 Å². The molecule has 0 aromatic heterocycles. The topological polar surface area (TPSA) is 55.8 Å². The van der Waals surface area contributed by atoms with Gasteiger partial charge in [0.15, 0.2) is 11.5 Å². The average Bonchev–Trinajstić information content (AvgIpc) is 2.31. The number of benzene rings is 1. The molecule has 2 atom stereocenters. The second-order valence-electron chi connectivity index (χ2n) is 3.99. The van der Waals surface area contributed by atoms with E-state index < -0.39 is 0 Å². The number of carbonyl (C=O) groups is 1. The number of hydrogen-bond donors (Lipinski definition) is 1. The Morgan fingerprint density at radius 3 is 2.47 bits per heavy atom. The molecule has 1 aromatic rings. The van der Waals surface area contributed by atoms with Crippen LogP contribution in [0.5, 0.6) is 11.5 Å². The van der Waals surface area contributed by atoms with Gasteiger partial charge in [-0.3, -0.25) is 4.79 Å². The first-order valence-electron chi connectivity index (χ1n) is 5.41. The van der Waals surface area contributed by atoms with E-state index in [4.69, 9.17) is 9.47 Å². The summed E-state index contributed by atoms with van der Waals surface area (Å²) >= 11 is 0. The van der Waals surface area contributed by atoms with Gasteiger partial charge < -0.3 is 14.6 Å². The molecule has 0 aliphatic rings. The van der Waals surface area contributed by atoms with Gasteiger partial charge in [-0.25, -0.2) is 0 Å². The van der Waals surface area contributed by atoms with Crippen molar-refractivity contribution in [2.75, 3.05) is 14.2 Å². The van der Waals surface area contributed by atoms with E-state index in [1.165, 1.54) is 20.1 Å². The van der Waals surface area contributed by atoms with Gasteiger partial charge in [0, 0.05) is 13.0 Å². The van der Waals surface area contributed by atoms with E-state index in [1.807, 2.05) is 6.92 Å². The lowest BCUT2D eigenvalue weighted by Crippen LogP contribution is -2.18. The maximum atomic E-state index is 11.4. The highest BCUT2D eigenvalue weighted by Crippen LogP contribution is 2.33. The highest BCUT2D eigenvalue weighted by molar-refractivity contribution is 5.78. The van der Waals surface area contributed by atoms with E-state index >= 15 is 0 Å². The first-order chi connectivity index (χ1) is 8.01. The minimum Gasteiger partial charge on any atom is -0.504 e. The summed E-state index contributed by atoms with van der Waals surface area (Å²) in [6.07, 6.45) is -0.331. The molecule has 94 valence electrons. The number of hydrogen-bond acceptors (Lipinski definition) is 4. The van der Waals surface area contributed by atoms with Gasteiger partial charge in [-0.15, -0.1) is 0 Å². The highest BCUT2D eigenvalue weighted by atomic mass is 16.5. The van der Waals surface area contributed by atoms with Crippen molar-refractivity contribution >= 4 is 5.78 Å². The molecule has 17 heavy (non-hydrogen) atoms. The Morgan fingerprint density at radius 1 is 1.35 bits per heavy atom. The maximum absolute atomic E-state index is 11.4. The zero-order valence-electron chi connectivity index (χ0n) is 10.6. The van der Waals surface area contributed by atoms with Crippen molar-refractivity contribution in [3.8, 4) is 11.5 Å². The average molecular weight is 238 g/mol. The van der Waals surface area contributed by atoms with Crippen LogP contribution in [0.25, 0.3) is 0 Å². The molecule has 0 fully saturated rings. The van der Waals surface area contributed by atoms with Crippen LogP contribution in [0.4, 0.5) is 0 Å². The molecule has 0 bridgehead atoms. The number of phenols is 1. The van der Waals surface area contributed by atoms with Crippen LogP contribution in [0.1, 0.15) is 25.5 Å². The van der Waals surface area contributed by atoms with Crippen molar-refractivity contribution in [1.29, 1.82) is 0 Å². The van der Waals surface area contributed by atoms with Gasteiger partial charge >= 0.3 is 0 Å². The largest absolute Gasteiger partial charge is 0.504 e. The van der Waals surface area contributed by atoms with Crippen LogP contribution in [0.2, 0.25) is 0 Å². The Kier molecular flexibility index (Phi) is 4.52. The summed E-state index contributed by atoms with van der Waals surface area (Å²) in [5, 5.41) is 9.50. The van der Waals surface area contributed by atoms with Crippen molar-refractivity contribution in [2.24, 2.45) is 5.92 Å². The number of Topliss-reactive ketones (excluding diaryl/α,β-unsaturated/α-hetero) is 1. The molecule has 1 N–H and O–H groups in total. The molecular formula is C13H18O4. The van der Waals surface area contributed by atoms with E-state index in [9.17, 15) is 9.90 Å². The molecule has 0 heterocycles. The number of aromatic hydroxyl groups is 1. The molecule has 4 heteroatoms. The molecule has 1 aromatic carbocycles. The second-order valence-corrected chi connectivity index (χ2v) is 3.99. The Balaban J connectivity index is 3.08. The van der Waals surface area contributed by atoms with Gasteiger partial charge in [0.05, 0.1) is 13.2 Å². The normalized spacial score (nSPS) is 14.1.